The summed E-state index contributed by atoms with van der Waals surface area (Å²) < 4.78 is 17.4. The Bertz CT molecular complexity index is 1180. The molecule has 6 nitrogen and oxygen atoms in total. The van der Waals surface area contributed by atoms with E-state index in [2.05, 4.69) is 6.92 Å². The van der Waals surface area contributed by atoms with E-state index in [0.29, 0.717) is 32.7 Å². The van der Waals surface area contributed by atoms with Crippen LogP contribution in [0, 0.1) is 0 Å². The van der Waals surface area contributed by atoms with Gasteiger partial charge in [-0.3, -0.25) is 9.78 Å². The van der Waals surface area contributed by atoms with Gasteiger partial charge < -0.3 is 19.1 Å². The van der Waals surface area contributed by atoms with Crippen molar-refractivity contribution in [3.63, 3.8) is 0 Å². The summed E-state index contributed by atoms with van der Waals surface area (Å²) in [5, 5.41) is 0. The number of pyridine rings is 1. The predicted molar refractivity (Wildman–Crippen MR) is 129 cm³/mol. The lowest BCUT2D eigenvalue weighted by atomic mass is 9.90. The molecule has 0 N–H and O–H groups in total. The average molecular weight is 459 g/mol. The van der Waals surface area contributed by atoms with E-state index < -0.39 is 0 Å². The van der Waals surface area contributed by atoms with Crippen LogP contribution in [0.3, 0.4) is 0 Å². The van der Waals surface area contributed by atoms with E-state index in [4.69, 9.17) is 19.2 Å². The minimum Gasteiger partial charge on any atom is -0.497 e. The second-order valence-corrected chi connectivity index (χ2v) is 8.96. The zero-order chi connectivity index (χ0) is 23.5. The van der Waals surface area contributed by atoms with E-state index in [1.807, 2.05) is 59.5 Å². The first-order chi connectivity index (χ1) is 16.6. The lowest BCUT2D eigenvalue weighted by molar-refractivity contribution is -0.131. The third-order valence-electron chi connectivity index (χ3n) is 6.63. The molecule has 2 aromatic carbocycles. The molecule has 0 radical (unpaired) electrons. The molecule has 6 heteroatoms. The summed E-state index contributed by atoms with van der Waals surface area (Å²) in [6, 6.07) is 17.5. The smallest absolute Gasteiger partial charge is 0.227 e. The van der Waals surface area contributed by atoms with E-state index in [9.17, 15) is 4.79 Å². The van der Waals surface area contributed by atoms with Crippen LogP contribution in [0.25, 0.3) is 0 Å². The number of ether oxygens (including phenoxy) is 3. The zero-order valence-corrected chi connectivity index (χ0v) is 19.8. The monoisotopic (exact) mass is 458 g/mol. The van der Waals surface area contributed by atoms with E-state index in [-0.39, 0.29) is 12.0 Å². The third kappa shape index (κ3) is 4.77. The van der Waals surface area contributed by atoms with Gasteiger partial charge in [0.05, 0.1) is 31.9 Å². The van der Waals surface area contributed by atoms with Gasteiger partial charge in [-0.2, -0.15) is 0 Å². The summed E-state index contributed by atoms with van der Waals surface area (Å²) >= 11 is 0. The van der Waals surface area contributed by atoms with Gasteiger partial charge >= 0.3 is 0 Å². The van der Waals surface area contributed by atoms with E-state index in [0.717, 1.165) is 46.9 Å². The molecular weight excluding hydrogens is 428 g/mol. The van der Waals surface area contributed by atoms with Gasteiger partial charge in [0.25, 0.3) is 0 Å². The Kier molecular flexibility index (Phi) is 6.50. The molecule has 1 atom stereocenters. The van der Waals surface area contributed by atoms with Crippen LogP contribution in [0.15, 0.2) is 54.6 Å². The number of benzene rings is 2. The number of rotatable bonds is 6. The highest BCUT2D eigenvalue weighted by atomic mass is 16.5. The fraction of sp³-hybridized carbons (Fsp3) is 0.357. The van der Waals surface area contributed by atoms with Gasteiger partial charge in [0.2, 0.25) is 5.91 Å². The van der Waals surface area contributed by atoms with Crippen LogP contribution in [-0.2, 0) is 48.6 Å². The number of methoxy groups -OCH3 is 1. The summed E-state index contributed by atoms with van der Waals surface area (Å²) in [4.78, 5) is 20.1. The van der Waals surface area contributed by atoms with Crippen molar-refractivity contribution in [3.05, 3.63) is 88.2 Å². The Hall–Kier alpha value is -3.38. The topological polar surface area (TPSA) is 60.9 Å². The summed E-state index contributed by atoms with van der Waals surface area (Å²) in [5.74, 6) is 1.73. The number of nitrogens with zero attached hydrogens (tertiary/aromatic N) is 2. The fourth-order valence-electron chi connectivity index (χ4n) is 4.79. The minimum absolute atomic E-state index is 0.120. The number of fused-ring (bicyclic) bond motifs is 3. The van der Waals surface area contributed by atoms with Gasteiger partial charge in [0, 0.05) is 31.6 Å². The van der Waals surface area contributed by atoms with Crippen LogP contribution in [0.2, 0.25) is 0 Å². The molecule has 0 bridgehead atoms. The highest BCUT2D eigenvalue weighted by Gasteiger charge is 2.30. The number of carbonyl (C=O) groups excluding carboxylic acids is 1. The van der Waals surface area contributed by atoms with E-state index in [1.165, 1.54) is 11.1 Å². The van der Waals surface area contributed by atoms with Crippen molar-refractivity contribution < 1.29 is 19.0 Å². The molecule has 0 aliphatic carbocycles. The Morgan fingerprint density at radius 1 is 1.09 bits per heavy atom. The van der Waals surface area contributed by atoms with Crippen molar-refractivity contribution in [1.82, 2.24) is 9.88 Å². The summed E-state index contributed by atoms with van der Waals surface area (Å²) in [6.07, 6.45) is 2.04. The first-order valence-electron chi connectivity index (χ1n) is 11.8. The number of hydrogen-bond donors (Lipinski definition) is 0. The number of para-hydroxylation sites is 1. The van der Waals surface area contributed by atoms with Gasteiger partial charge in [-0.25, -0.2) is 0 Å². The van der Waals surface area contributed by atoms with Crippen LogP contribution in [0.1, 0.15) is 40.6 Å². The summed E-state index contributed by atoms with van der Waals surface area (Å²) in [6.45, 7) is 4.32. The molecular formula is C28H30N2O4. The molecule has 34 heavy (non-hydrogen) atoms. The number of carbonyl (C=O) groups is 1. The molecule has 2 aliphatic rings. The first kappa shape index (κ1) is 22.4. The van der Waals surface area contributed by atoms with Crippen LogP contribution in [0.4, 0.5) is 0 Å². The summed E-state index contributed by atoms with van der Waals surface area (Å²) in [7, 11) is 1.64. The van der Waals surface area contributed by atoms with Crippen molar-refractivity contribution in [2.45, 2.75) is 52.0 Å². The van der Waals surface area contributed by atoms with Gasteiger partial charge in [-0.15, -0.1) is 0 Å². The van der Waals surface area contributed by atoms with Gasteiger partial charge in [-0.05, 0) is 53.4 Å². The molecule has 0 saturated carbocycles. The third-order valence-corrected chi connectivity index (χ3v) is 6.63. The van der Waals surface area contributed by atoms with Gasteiger partial charge in [-0.1, -0.05) is 30.3 Å². The van der Waals surface area contributed by atoms with E-state index in [1.54, 1.807) is 7.11 Å². The molecule has 0 fully saturated rings. The van der Waals surface area contributed by atoms with Crippen LogP contribution in [-0.4, -0.2) is 35.5 Å². The standard InChI is InChI=1S/C28H30N2O4/c1-19-13-23-25(17-33-19)24-16-30(28(31)15-20-7-6-10-22(14-20)32-2)12-11-26(24)29-27(23)18-34-21-8-4-3-5-9-21/h3-10,14,19H,11-13,15-18H2,1-2H3/t19-/m0/s1. The molecule has 176 valence electrons. The number of aromatic nitrogens is 1. The van der Waals surface area contributed by atoms with Crippen molar-refractivity contribution in [1.29, 1.82) is 0 Å². The molecule has 1 amide bonds. The highest BCUT2D eigenvalue weighted by Crippen LogP contribution is 2.32. The van der Waals surface area contributed by atoms with Gasteiger partial charge in [0.15, 0.2) is 0 Å². The Balaban J connectivity index is 1.37. The van der Waals surface area contributed by atoms with Crippen LogP contribution in [0.5, 0.6) is 11.5 Å². The largest absolute Gasteiger partial charge is 0.497 e. The van der Waals surface area contributed by atoms with Crippen molar-refractivity contribution in [3.8, 4) is 11.5 Å². The minimum atomic E-state index is 0.120. The lowest BCUT2D eigenvalue weighted by Gasteiger charge is -2.34. The van der Waals surface area contributed by atoms with Crippen molar-refractivity contribution >= 4 is 5.91 Å². The fourth-order valence-corrected chi connectivity index (χ4v) is 4.79. The Labute approximate surface area is 200 Å². The Morgan fingerprint density at radius 3 is 2.74 bits per heavy atom. The highest BCUT2D eigenvalue weighted by molar-refractivity contribution is 5.79. The molecule has 5 rings (SSSR count). The first-order valence-corrected chi connectivity index (χ1v) is 11.8. The normalized spacial score (nSPS) is 17.0. The lowest BCUT2D eigenvalue weighted by Crippen LogP contribution is -2.39. The van der Waals surface area contributed by atoms with E-state index >= 15 is 0 Å². The second-order valence-electron chi connectivity index (χ2n) is 8.96. The second kappa shape index (κ2) is 9.85. The molecule has 0 spiro atoms. The summed E-state index contributed by atoms with van der Waals surface area (Å²) in [5.41, 5.74) is 6.57. The van der Waals surface area contributed by atoms with Crippen molar-refractivity contribution in [2.24, 2.45) is 0 Å². The molecule has 2 aliphatic heterocycles. The van der Waals surface area contributed by atoms with Gasteiger partial charge in [0.1, 0.15) is 18.1 Å². The van der Waals surface area contributed by atoms with Crippen molar-refractivity contribution in [2.75, 3.05) is 13.7 Å². The maximum absolute atomic E-state index is 13.1. The van der Waals surface area contributed by atoms with Crippen LogP contribution >= 0.6 is 0 Å². The molecule has 3 heterocycles. The maximum atomic E-state index is 13.1. The predicted octanol–water partition coefficient (Wildman–Crippen LogP) is 4.26. The molecule has 1 aromatic heterocycles. The quantitative estimate of drug-likeness (QED) is 0.553. The molecule has 0 unspecified atom stereocenters. The SMILES string of the molecule is COc1cccc(CC(=O)N2CCc3nc(COc4ccccc4)c4c(c3C2)CO[C@@H](C)C4)c1. The zero-order valence-electron chi connectivity index (χ0n) is 19.8. The van der Waals surface area contributed by atoms with Crippen LogP contribution < -0.4 is 9.47 Å². The molecule has 0 saturated heterocycles. The maximum Gasteiger partial charge on any atom is 0.227 e. The molecule has 3 aromatic rings. The number of amides is 1. The Morgan fingerprint density at radius 2 is 1.91 bits per heavy atom. The number of hydrogen-bond acceptors (Lipinski definition) is 5. The average Bonchev–Trinajstić information content (AvgIpc) is 2.87.